The third-order valence-electron chi connectivity index (χ3n) is 6.52. The van der Waals surface area contributed by atoms with Crippen molar-refractivity contribution in [2.45, 2.75) is 39.3 Å². The minimum absolute atomic E-state index is 0.125. The van der Waals surface area contributed by atoms with Crippen LogP contribution in [0.3, 0.4) is 0 Å². The van der Waals surface area contributed by atoms with Crippen molar-refractivity contribution in [2.75, 3.05) is 25.5 Å². The highest BCUT2D eigenvalue weighted by Gasteiger charge is 2.31. The summed E-state index contributed by atoms with van der Waals surface area (Å²) >= 11 is 0. The van der Waals surface area contributed by atoms with E-state index in [-0.39, 0.29) is 11.9 Å². The number of aromatic nitrogens is 4. The van der Waals surface area contributed by atoms with E-state index in [1.165, 1.54) is 17.3 Å². The molecule has 0 bridgehead atoms. The molecule has 3 aromatic heterocycles. The maximum atomic E-state index is 14.1. The largest absolute Gasteiger partial charge is 0.347 e. The van der Waals surface area contributed by atoms with Crippen molar-refractivity contribution in [1.82, 2.24) is 24.3 Å². The zero-order chi connectivity index (χ0) is 23.1. The zero-order valence-corrected chi connectivity index (χ0v) is 19.6. The lowest BCUT2D eigenvalue weighted by Gasteiger charge is -2.27. The van der Waals surface area contributed by atoms with Crippen molar-refractivity contribution in [3.05, 3.63) is 77.3 Å². The summed E-state index contributed by atoms with van der Waals surface area (Å²) in [7, 11) is 3.88. The van der Waals surface area contributed by atoms with E-state index in [1.807, 2.05) is 31.3 Å². The summed E-state index contributed by atoms with van der Waals surface area (Å²) in [6.07, 6.45) is 6.02. The fourth-order valence-corrected chi connectivity index (χ4v) is 4.81. The molecule has 1 aliphatic heterocycles. The van der Waals surface area contributed by atoms with Gasteiger partial charge in [-0.2, -0.15) is 0 Å². The second kappa shape index (κ2) is 8.56. The maximum Gasteiger partial charge on any atom is 0.225 e. The van der Waals surface area contributed by atoms with Crippen LogP contribution < -0.4 is 4.90 Å². The van der Waals surface area contributed by atoms with Gasteiger partial charge >= 0.3 is 0 Å². The maximum absolute atomic E-state index is 14.1. The summed E-state index contributed by atoms with van der Waals surface area (Å²) in [5.41, 5.74) is 7.10. The summed E-state index contributed by atoms with van der Waals surface area (Å²) in [5.74, 6) is 0.411. The highest BCUT2D eigenvalue weighted by atomic mass is 19.1. The molecule has 0 saturated carbocycles. The Bertz CT molecular complexity index is 1310. The van der Waals surface area contributed by atoms with Gasteiger partial charge in [0.2, 0.25) is 5.95 Å². The highest BCUT2D eigenvalue weighted by molar-refractivity contribution is 5.66. The molecule has 1 fully saturated rings. The SMILES string of the molecule is Cc1nc2c(C)cccn2c1CN1CCCC1c1nc(N(C)C)ncc1-c1cccc(F)c1. The molecule has 5 rings (SSSR count). The van der Waals surface area contributed by atoms with E-state index in [2.05, 4.69) is 46.5 Å². The van der Waals surface area contributed by atoms with Crippen LogP contribution in [0.4, 0.5) is 10.3 Å². The lowest BCUT2D eigenvalue weighted by atomic mass is 9.99. The molecule has 33 heavy (non-hydrogen) atoms. The Hall–Kier alpha value is -3.32. The normalized spacial score (nSPS) is 16.6. The van der Waals surface area contributed by atoms with Crippen LogP contribution in [0.1, 0.15) is 41.5 Å². The first kappa shape index (κ1) is 21.5. The monoisotopic (exact) mass is 444 g/mol. The zero-order valence-electron chi connectivity index (χ0n) is 19.6. The molecule has 4 aromatic rings. The summed E-state index contributed by atoms with van der Waals surface area (Å²) in [4.78, 5) is 18.7. The molecule has 1 atom stereocenters. The molecule has 170 valence electrons. The molecule has 4 heterocycles. The average molecular weight is 445 g/mol. The van der Waals surface area contributed by atoms with Gasteiger partial charge in [0.15, 0.2) is 0 Å². The fourth-order valence-electron chi connectivity index (χ4n) is 4.81. The Balaban J connectivity index is 1.57. The van der Waals surface area contributed by atoms with Crippen LogP contribution in [0.15, 0.2) is 48.8 Å². The fraction of sp³-hybridized carbons (Fsp3) is 0.346. The number of fused-ring (bicyclic) bond motifs is 1. The molecule has 0 spiro atoms. The lowest BCUT2D eigenvalue weighted by molar-refractivity contribution is 0.241. The van der Waals surface area contributed by atoms with E-state index in [1.54, 1.807) is 12.1 Å². The predicted octanol–water partition coefficient (Wildman–Crippen LogP) is 4.95. The van der Waals surface area contributed by atoms with Crippen LogP contribution in [0.5, 0.6) is 0 Å². The topological polar surface area (TPSA) is 49.6 Å². The van der Waals surface area contributed by atoms with Crippen molar-refractivity contribution in [3.8, 4) is 11.1 Å². The second-order valence-electron chi connectivity index (χ2n) is 9.03. The Labute approximate surface area is 193 Å². The van der Waals surface area contributed by atoms with Gasteiger partial charge in [0.1, 0.15) is 11.5 Å². The van der Waals surface area contributed by atoms with Crippen molar-refractivity contribution < 1.29 is 4.39 Å². The highest BCUT2D eigenvalue weighted by Crippen LogP contribution is 2.38. The van der Waals surface area contributed by atoms with Crippen LogP contribution in [0.2, 0.25) is 0 Å². The van der Waals surface area contributed by atoms with E-state index in [4.69, 9.17) is 9.97 Å². The third-order valence-corrected chi connectivity index (χ3v) is 6.52. The van der Waals surface area contributed by atoms with Crippen molar-refractivity contribution in [2.24, 2.45) is 0 Å². The number of imidazole rings is 1. The predicted molar refractivity (Wildman–Crippen MR) is 129 cm³/mol. The molecule has 1 saturated heterocycles. The smallest absolute Gasteiger partial charge is 0.225 e. The second-order valence-corrected chi connectivity index (χ2v) is 9.03. The number of pyridine rings is 1. The van der Waals surface area contributed by atoms with Crippen LogP contribution >= 0.6 is 0 Å². The van der Waals surface area contributed by atoms with Crippen molar-refractivity contribution in [3.63, 3.8) is 0 Å². The van der Waals surface area contributed by atoms with E-state index >= 15 is 0 Å². The van der Waals surface area contributed by atoms with Crippen LogP contribution in [0, 0.1) is 19.7 Å². The van der Waals surface area contributed by atoms with Gasteiger partial charge in [-0.15, -0.1) is 0 Å². The van der Waals surface area contributed by atoms with Gasteiger partial charge in [0, 0.05) is 38.6 Å². The van der Waals surface area contributed by atoms with Crippen molar-refractivity contribution >= 4 is 11.6 Å². The molecule has 1 unspecified atom stereocenters. The number of hydrogen-bond acceptors (Lipinski definition) is 5. The van der Waals surface area contributed by atoms with Gasteiger partial charge in [-0.1, -0.05) is 18.2 Å². The molecule has 0 N–H and O–H groups in total. The minimum atomic E-state index is -0.255. The molecular formula is C26H29FN6. The summed E-state index contributed by atoms with van der Waals surface area (Å²) < 4.78 is 16.3. The molecule has 1 aromatic carbocycles. The third kappa shape index (κ3) is 3.97. The van der Waals surface area contributed by atoms with Gasteiger partial charge in [0.05, 0.1) is 23.1 Å². The molecule has 1 aliphatic rings. The lowest BCUT2D eigenvalue weighted by Crippen LogP contribution is -2.26. The average Bonchev–Trinajstić information content (AvgIpc) is 3.39. The van der Waals surface area contributed by atoms with Gasteiger partial charge in [-0.3, -0.25) is 4.90 Å². The van der Waals surface area contributed by atoms with Gasteiger partial charge in [0.25, 0.3) is 0 Å². The van der Waals surface area contributed by atoms with Crippen LogP contribution in [-0.4, -0.2) is 44.9 Å². The standard InChI is InChI=1S/C26H29FN6/c1-17-8-6-13-33-23(18(2)29-25(17)33)16-32-12-7-11-22(32)24-21(15-28-26(30-24)31(3)4)19-9-5-10-20(27)14-19/h5-6,8-10,13-15,22H,7,11-12,16H2,1-4H3. The molecule has 7 heteroatoms. The molecular weight excluding hydrogens is 415 g/mol. The number of aryl methyl sites for hydroxylation is 2. The van der Waals surface area contributed by atoms with Gasteiger partial charge in [-0.25, -0.2) is 19.3 Å². The Morgan fingerprint density at radius 2 is 1.97 bits per heavy atom. The van der Waals surface area contributed by atoms with E-state index < -0.39 is 0 Å². The molecule has 0 aliphatic carbocycles. The summed E-state index contributed by atoms with van der Waals surface area (Å²) in [5, 5.41) is 0. The number of halogens is 1. The number of anilines is 1. The Morgan fingerprint density at radius 1 is 1.12 bits per heavy atom. The first-order valence-electron chi connectivity index (χ1n) is 11.4. The van der Waals surface area contributed by atoms with Crippen LogP contribution in [-0.2, 0) is 6.54 Å². The number of nitrogens with zero attached hydrogens (tertiary/aromatic N) is 6. The van der Waals surface area contributed by atoms with Crippen LogP contribution in [0.25, 0.3) is 16.8 Å². The van der Waals surface area contributed by atoms with E-state index in [0.29, 0.717) is 5.95 Å². The number of rotatable bonds is 5. The Morgan fingerprint density at radius 3 is 2.76 bits per heavy atom. The number of hydrogen-bond donors (Lipinski definition) is 0. The first-order chi connectivity index (χ1) is 15.9. The van der Waals surface area contributed by atoms with E-state index in [9.17, 15) is 4.39 Å². The number of benzene rings is 1. The number of likely N-dealkylation sites (tertiary alicyclic amines) is 1. The first-order valence-corrected chi connectivity index (χ1v) is 11.4. The minimum Gasteiger partial charge on any atom is -0.347 e. The molecule has 6 nitrogen and oxygen atoms in total. The Kier molecular flexibility index (Phi) is 5.58. The summed E-state index contributed by atoms with van der Waals surface area (Å²) in [6.45, 7) is 5.94. The quantitative estimate of drug-likeness (QED) is 0.436. The van der Waals surface area contributed by atoms with E-state index in [0.717, 1.165) is 54.1 Å². The van der Waals surface area contributed by atoms with Gasteiger partial charge < -0.3 is 9.30 Å². The van der Waals surface area contributed by atoms with Gasteiger partial charge in [-0.05, 0) is 62.6 Å². The molecule has 0 amide bonds. The van der Waals surface area contributed by atoms with Crippen molar-refractivity contribution in [1.29, 1.82) is 0 Å². The summed E-state index contributed by atoms with van der Waals surface area (Å²) in [6, 6.07) is 11.0. The molecule has 0 radical (unpaired) electrons.